The van der Waals surface area contributed by atoms with E-state index < -0.39 is 0 Å². The Morgan fingerprint density at radius 2 is 1.90 bits per heavy atom. The van der Waals surface area contributed by atoms with Crippen molar-refractivity contribution < 1.29 is 0 Å². The van der Waals surface area contributed by atoms with Crippen molar-refractivity contribution in [2.45, 2.75) is 71.8 Å². The molecule has 1 N–H and O–H groups in total. The molecule has 0 atom stereocenters. The van der Waals surface area contributed by atoms with Gasteiger partial charge in [-0.3, -0.25) is 4.68 Å². The third-order valence-electron chi connectivity index (χ3n) is 4.56. The first-order chi connectivity index (χ1) is 9.30. The minimum atomic E-state index is 0.201. The molecule has 1 aromatic rings. The molecule has 0 spiro atoms. The zero-order valence-electron chi connectivity index (χ0n) is 13.9. The predicted octanol–water partition coefficient (Wildman–Crippen LogP) is 3.61. The Hall–Kier alpha value is -0.830. The van der Waals surface area contributed by atoms with Crippen LogP contribution in [0.3, 0.4) is 0 Å². The molecule has 0 aromatic carbocycles. The lowest BCUT2D eigenvalue weighted by molar-refractivity contribution is 0.162. The largest absolute Gasteiger partial charge is 0.312 e. The second kappa shape index (κ2) is 5.88. The number of hydrogen-bond acceptors (Lipinski definition) is 2. The first-order valence-corrected chi connectivity index (χ1v) is 8.04. The van der Waals surface area contributed by atoms with Crippen LogP contribution < -0.4 is 5.32 Å². The topological polar surface area (TPSA) is 29.9 Å². The molecule has 1 aromatic heterocycles. The van der Waals surface area contributed by atoms with Gasteiger partial charge in [0.05, 0.1) is 5.69 Å². The summed E-state index contributed by atoms with van der Waals surface area (Å²) >= 11 is 0. The van der Waals surface area contributed by atoms with Gasteiger partial charge in [-0.15, -0.1) is 0 Å². The maximum Gasteiger partial charge on any atom is 0.0596 e. The molecule has 1 saturated carbocycles. The molecule has 114 valence electrons. The standard InChI is InChI=1S/C17H31N3/c1-14-11-15(20(5)19-14)12-17(9-7-6-8-10-17)13-18-16(2,3)4/h11,18H,6-10,12-13H2,1-5H3. The van der Waals surface area contributed by atoms with E-state index in [4.69, 9.17) is 0 Å². The van der Waals surface area contributed by atoms with Crippen LogP contribution in [0.1, 0.15) is 64.3 Å². The van der Waals surface area contributed by atoms with Gasteiger partial charge >= 0.3 is 0 Å². The average Bonchev–Trinajstić information content (AvgIpc) is 2.66. The van der Waals surface area contributed by atoms with E-state index in [1.807, 2.05) is 0 Å². The van der Waals surface area contributed by atoms with Crippen LogP contribution in [0.15, 0.2) is 6.07 Å². The summed E-state index contributed by atoms with van der Waals surface area (Å²) in [5.74, 6) is 0. The quantitative estimate of drug-likeness (QED) is 0.911. The molecule has 2 rings (SSSR count). The summed E-state index contributed by atoms with van der Waals surface area (Å²) in [5.41, 5.74) is 3.15. The first-order valence-electron chi connectivity index (χ1n) is 8.04. The van der Waals surface area contributed by atoms with E-state index in [-0.39, 0.29) is 5.54 Å². The molecule has 20 heavy (non-hydrogen) atoms. The van der Waals surface area contributed by atoms with Gasteiger partial charge in [-0.25, -0.2) is 0 Å². The Morgan fingerprint density at radius 3 is 2.40 bits per heavy atom. The Bertz CT molecular complexity index is 434. The molecule has 0 aliphatic heterocycles. The lowest BCUT2D eigenvalue weighted by atomic mass is 9.70. The van der Waals surface area contributed by atoms with Crippen LogP contribution in [0.5, 0.6) is 0 Å². The van der Waals surface area contributed by atoms with E-state index in [1.165, 1.54) is 37.8 Å². The van der Waals surface area contributed by atoms with Crippen molar-refractivity contribution in [3.63, 3.8) is 0 Å². The lowest BCUT2D eigenvalue weighted by Crippen LogP contribution is -2.46. The zero-order valence-corrected chi connectivity index (χ0v) is 13.9. The Labute approximate surface area is 124 Å². The van der Waals surface area contributed by atoms with Crippen LogP contribution in [-0.2, 0) is 13.5 Å². The van der Waals surface area contributed by atoms with E-state index >= 15 is 0 Å². The maximum atomic E-state index is 4.51. The summed E-state index contributed by atoms with van der Waals surface area (Å²) in [5, 5.41) is 8.26. The molecule has 1 fully saturated rings. The number of nitrogens with one attached hydrogen (secondary N) is 1. The molecule has 0 bridgehead atoms. The smallest absolute Gasteiger partial charge is 0.0596 e. The van der Waals surface area contributed by atoms with Crippen LogP contribution in [-0.4, -0.2) is 21.9 Å². The van der Waals surface area contributed by atoms with Crippen molar-refractivity contribution in [2.75, 3.05) is 6.54 Å². The normalized spacial score (nSPS) is 19.2. The first kappa shape index (κ1) is 15.6. The number of nitrogens with zero attached hydrogens (tertiary/aromatic N) is 2. The van der Waals surface area contributed by atoms with Gasteiger partial charge in [-0.05, 0) is 58.4 Å². The van der Waals surface area contributed by atoms with Crippen molar-refractivity contribution in [1.82, 2.24) is 15.1 Å². The number of rotatable bonds is 4. The van der Waals surface area contributed by atoms with Gasteiger partial charge in [0.15, 0.2) is 0 Å². The van der Waals surface area contributed by atoms with E-state index in [2.05, 4.69) is 55.9 Å². The molecule has 0 unspecified atom stereocenters. The van der Waals surface area contributed by atoms with Crippen LogP contribution in [0.25, 0.3) is 0 Å². The Kier molecular flexibility index (Phi) is 4.58. The molecule has 1 aliphatic carbocycles. The SMILES string of the molecule is Cc1cc(CC2(CNC(C)(C)C)CCCCC2)n(C)n1. The van der Waals surface area contributed by atoms with E-state index in [9.17, 15) is 0 Å². The van der Waals surface area contributed by atoms with Crippen molar-refractivity contribution in [2.24, 2.45) is 12.5 Å². The monoisotopic (exact) mass is 277 g/mol. The molecule has 1 aliphatic rings. The van der Waals surface area contributed by atoms with Gasteiger partial charge in [0, 0.05) is 24.8 Å². The van der Waals surface area contributed by atoms with Crippen LogP contribution in [0.2, 0.25) is 0 Å². The fourth-order valence-electron chi connectivity index (χ4n) is 3.38. The van der Waals surface area contributed by atoms with Crippen molar-refractivity contribution in [3.8, 4) is 0 Å². The van der Waals surface area contributed by atoms with Crippen molar-refractivity contribution in [3.05, 3.63) is 17.5 Å². The zero-order chi connectivity index (χ0) is 14.8. The molecule has 0 amide bonds. The molecule has 3 heteroatoms. The summed E-state index contributed by atoms with van der Waals surface area (Å²) in [4.78, 5) is 0. The lowest BCUT2D eigenvalue weighted by Gasteiger charge is -2.40. The van der Waals surface area contributed by atoms with E-state index in [0.717, 1.165) is 18.7 Å². The Morgan fingerprint density at radius 1 is 1.25 bits per heavy atom. The highest BCUT2D eigenvalue weighted by Crippen LogP contribution is 2.39. The maximum absolute atomic E-state index is 4.51. The van der Waals surface area contributed by atoms with Crippen LogP contribution in [0, 0.1) is 12.3 Å². The third kappa shape index (κ3) is 4.08. The van der Waals surface area contributed by atoms with Gasteiger partial charge < -0.3 is 5.32 Å². The third-order valence-corrected chi connectivity index (χ3v) is 4.56. The minimum absolute atomic E-state index is 0.201. The van der Waals surface area contributed by atoms with Gasteiger partial charge in [-0.2, -0.15) is 5.10 Å². The second-order valence-electron chi connectivity index (χ2n) is 7.74. The van der Waals surface area contributed by atoms with E-state index in [1.54, 1.807) is 0 Å². The number of aryl methyl sites for hydroxylation is 2. The van der Waals surface area contributed by atoms with Crippen LogP contribution in [0.4, 0.5) is 0 Å². The van der Waals surface area contributed by atoms with E-state index in [0.29, 0.717) is 5.41 Å². The van der Waals surface area contributed by atoms with Gasteiger partial charge in [-0.1, -0.05) is 19.3 Å². The van der Waals surface area contributed by atoms with Gasteiger partial charge in [0.2, 0.25) is 0 Å². The van der Waals surface area contributed by atoms with Gasteiger partial charge in [0.1, 0.15) is 0 Å². The number of aromatic nitrogens is 2. The summed E-state index contributed by atoms with van der Waals surface area (Å²) in [6.07, 6.45) is 8.01. The highest BCUT2D eigenvalue weighted by atomic mass is 15.3. The van der Waals surface area contributed by atoms with Crippen molar-refractivity contribution >= 4 is 0 Å². The summed E-state index contributed by atoms with van der Waals surface area (Å²) in [6.45, 7) is 10.00. The average molecular weight is 277 g/mol. The molecule has 3 nitrogen and oxygen atoms in total. The molecular formula is C17H31N3. The summed E-state index contributed by atoms with van der Waals surface area (Å²) in [6, 6.07) is 2.26. The molecular weight excluding hydrogens is 246 g/mol. The number of hydrogen-bond donors (Lipinski definition) is 1. The fourth-order valence-corrected chi connectivity index (χ4v) is 3.38. The van der Waals surface area contributed by atoms with Crippen molar-refractivity contribution in [1.29, 1.82) is 0 Å². The Balaban J connectivity index is 2.12. The summed E-state index contributed by atoms with van der Waals surface area (Å²) in [7, 11) is 2.08. The molecule has 1 heterocycles. The fraction of sp³-hybridized carbons (Fsp3) is 0.824. The summed E-state index contributed by atoms with van der Waals surface area (Å²) < 4.78 is 2.07. The van der Waals surface area contributed by atoms with Gasteiger partial charge in [0.25, 0.3) is 0 Å². The molecule has 0 saturated heterocycles. The molecule has 0 radical (unpaired) electrons. The van der Waals surface area contributed by atoms with Crippen LogP contribution >= 0.6 is 0 Å². The predicted molar refractivity (Wildman–Crippen MR) is 84.9 cm³/mol. The highest BCUT2D eigenvalue weighted by molar-refractivity contribution is 5.11. The second-order valence-corrected chi connectivity index (χ2v) is 7.74. The highest BCUT2D eigenvalue weighted by Gasteiger charge is 2.34. The minimum Gasteiger partial charge on any atom is -0.312 e.